The van der Waals surface area contributed by atoms with E-state index in [0.717, 1.165) is 19.4 Å². The minimum atomic E-state index is -0.0833. The van der Waals surface area contributed by atoms with Gasteiger partial charge in [-0.15, -0.1) is 0 Å². The normalized spacial score (nSPS) is 10.1. The molecular formula is C14H24N4O2. The number of carbonyl (C=O) groups is 1. The number of hydrogen-bond donors (Lipinski definition) is 1. The van der Waals surface area contributed by atoms with Crippen LogP contribution in [0.15, 0.2) is 0 Å². The highest BCUT2D eigenvalue weighted by Gasteiger charge is 2.16. The van der Waals surface area contributed by atoms with Gasteiger partial charge in [0.15, 0.2) is 0 Å². The van der Waals surface area contributed by atoms with Crippen molar-refractivity contribution in [3.8, 4) is 12.1 Å². The van der Waals surface area contributed by atoms with Crippen molar-refractivity contribution < 1.29 is 9.90 Å². The van der Waals surface area contributed by atoms with Crippen molar-refractivity contribution in [2.24, 2.45) is 0 Å². The van der Waals surface area contributed by atoms with Gasteiger partial charge >= 0.3 is 0 Å². The van der Waals surface area contributed by atoms with Crippen LogP contribution in [-0.2, 0) is 4.79 Å². The third-order valence-electron chi connectivity index (χ3n) is 2.94. The fraction of sp³-hybridized carbons (Fsp3) is 0.786. The molecule has 0 saturated carbocycles. The van der Waals surface area contributed by atoms with Gasteiger partial charge in [-0.05, 0) is 13.0 Å². The van der Waals surface area contributed by atoms with E-state index in [-0.39, 0.29) is 31.9 Å². The first-order valence-corrected chi connectivity index (χ1v) is 7.04. The fourth-order valence-electron chi connectivity index (χ4n) is 1.82. The third-order valence-corrected chi connectivity index (χ3v) is 2.94. The van der Waals surface area contributed by atoms with E-state index in [1.54, 1.807) is 4.90 Å². The van der Waals surface area contributed by atoms with Gasteiger partial charge in [-0.25, -0.2) is 0 Å². The van der Waals surface area contributed by atoms with Gasteiger partial charge in [0, 0.05) is 19.6 Å². The monoisotopic (exact) mass is 280 g/mol. The van der Waals surface area contributed by atoms with Gasteiger partial charge in [-0.2, -0.15) is 10.5 Å². The predicted octanol–water partition coefficient (Wildman–Crippen LogP) is 0.737. The summed E-state index contributed by atoms with van der Waals surface area (Å²) in [7, 11) is 0. The zero-order valence-corrected chi connectivity index (χ0v) is 12.2. The Bertz CT molecular complexity index is 328. The molecule has 0 unspecified atom stereocenters. The molecule has 0 aromatic rings. The van der Waals surface area contributed by atoms with E-state index in [4.69, 9.17) is 15.6 Å². The van der Waals surface area contributed by atoms with Gasteiger partial charge in [0.2, 0.25) is 5.91 Å². The Balaban J connectivity index is 4.43. The second-order valence-corrected chi connectivity index (χ2v) is 4.55. The van der Waals surface area contributed by atoms with Crippen LogP contribution in [0.25, 0.3) is 0 Å². The number of nitriles is 2. The van der Waals surface area contributed by atoms with E-state index in [2.05, 4.69) is 6.92 Å². The van der Waals surface area contributed by atoms with Crippen molar-refractivity contribution in [2.45, 2.75) is 32.6 Å². The molecule has 0 aromatic carbocycles. The Morgan fingerprint density at radius 3 is 2.15 bits per heavy atom. The van der Waals surface area contributed by atoms with Crippen molar-refractivity contribution in [1.29, 1.82) is 10.5 Å². The SMILES string of the molecule is CCCCN(CCO)CC(=O)N(CCC#N)CCC#N. The Kier molecular flexibility index (Phi) is 11.4. The van der Waals surface area contributed by atoms with Gasteiger partial charge < -0.3 is 10.0 Å². The molecule has 1 amide bonds. The first kappa shape index (κ1) is 18.4. The second-order valence-electron chi connectivity index (χ2n) is 4.55. The van der Waals surface area contributed by atoms with Crippen LogP contribution in [-0.4, -0.2) is 60.1 Å². The zero-order chi connectivity index (χ0) is 15.2. The van der Waals surface area contributed by atoms with Gasteiger partial charge in [0.25, 0.3) is 0 Å². The van der Waals surface area contributed by atoms with E-state index in [9.17, 15) is 4.79 Å². The molecule has 0 fully saturated rings. The number of aliphatic hydroxyl groups excluding tert-OH is 1. The summed E-state index contributed by atoms with van der Waals surface area (Å²) in [6, 6.07) is 4.02. The molecule has 0 bridgehead atoms. The highest BCUT2D eigenvalue weighted by atomic mass is 16.3. The summed E-state index contributed by atoms with van der Waals surface area (Å²) in [5.41, 5.74) is 0. The summed E-state index contributed by atoms with van der Waals surface area (Å²) in [6.07, 6.45) is 2.55. The van der Waals surface area contributed by atoms with Crippen LogP contribution in [0, 0.1) is 22.7 Å². The molecule has 0 saturated heterocycles. The average molecular weight is 280 g/mol. The highest BCUT2D eigenvalue weighted by Crippen LogP contribution is 2.00. The molecule has 6 heteroatoms. The maximum absolute atomic E-state index is 12.2. The lowest BCUT2D eigenvalue weighted by Crippen LogP contribution is -2.42. The summed E-state index contributed by atoms with van der Waals surface area (Å²) in [6.45, 7) is 4.29. The highest BCUT2D eigenvalue weighted by molar-refractivity contribution is 5.78. The molecule has 112 valence electrons. The molecule has 0 aliphatic rings. The summed E-state index contributed by atoms with van der Waals surface area (Å²) in [5.74, 6) is -0.0833. The molecular weight excluding hydrogens is 256 g/mol. The van der Waals surface area contributed by atoms with Gasteiger partial charge in [-0.3, -0.25) is 9.69 Å². The lowest BCUT2D eigenvalue weighted by atomic mass is 10.3. The molecule has 6 nitrogen and oxygen atoms in total. The Labute approximate surface area is 121 Å². The topological polar surface area (TPSA) is 91.4 Å². The Hall–Kier alpha value is -1.63. The first-order chi connectivity index (χ1) is 9.69. The first-order valence-electron chi connectivity index (χ1n) is 7.04. The van der Waals surface area contributed by atoms with Crippen LogP contribution in [0.3, 0.4) is 0 Å². The quantitative estimate of drug-likeness (QED) is 0.602. The van der Waals surface area contributed by atoms with E-state index >= 15 is 0 Å². The minimum absolute atomic E-state index is 0.0212. The summed E-state index contributed by atoms with van der Waals surface area (Å²) >= 11 is 0. The number of carbonyl (C=O) groups excluding carboxylic acids is 1. The van der Waals surface area contributed by atoms with Gasteiger partial charge in [0.1, 0.15) is 0 Å². The molecule has 0 rings (SSSR count). The number of hydrogen-bond acceptors (Lipinski definition) is 5. The molecule has 0 aliphatic carbocycles. The molecule has 0 radical (unpaired) electrons. The standard InChI is InChI=1S/C14H24N4O2/c1-2-3-8-17(11-12-19)13-14(20)18(9-4-6-15)10-5-7-16/h19H,2-5,8-13H2,1H3. The predicted molar refractivity (Wildman–Crippen MR) is 75.5 cm³/mol. The van der Waals surface area contributed by atoms with Crippen LogP contribution in [0.5, 0.6) is 0 Å². The molecule has 0 aliphatic heterocycles. The van der Waals surface area contributed by atoms with E-state index in [1.165, 1.54) is 0 Å². The maximum Gasteiger partial charge on any atom is 0.236 e. The number of aliphatic hydroxyl groups is 1. The number of amides is 1. The number of unbranched alkanes of at least 4 members (excludes halogenated alkanes) is 1. The second kappa shape index (κ2) is 12.4. The lowest BCUT2D eigenvalue weighted by molar-refractivity contribution is -0.132. The van der Waals surface area contributed by atoms with Crippen molar-refractivity contribution in [3.05, 3.63) is 0 Å². The molecule has 1 N–H and O–H groups in total. The van der Waals surface area contributed by atoms with Crippen LogP contribution >= 0.6 is 0 Å². The molecule has 20 heavy (non-hydrogen) atoms. The lowest BCUT2D eigenvalue weighted by Gasteiger charge is -2.26. The van der Waals surface area contributed by atoms with Crippen molar-refractivity contribution in [3.63, 3.8) is 0 Å². The zero-order valence-electron chi connectivity index (χ0n) is 12.2. The average Bonchev–Trinajstić information content (AvgIpc) is 2.45. The molecule has 0 atom stereocenters. The van der Waals surface area contributed by atoms with E-state index in [0.29, 0.717) is 19.6 Å². The van der Waals surface area contributed by atoms with Gasteiger partial charge in [0.05, 0.1) is 38.1 Å². The number of nitrogens with zero attached hydrogens (tertiary/aromatic N) is 4. The Morgan fingerprint density at radius 1 is 1.10 bits per heavy atom. The van der Waals surface area contributed by atoms with Crippen molar-refractivity contribution in [1.82, 2.24) is 9.80 Å². The largest absolute Gasteiger partial charge is 0.395 e. The van der Waals surface area contributed by atoms with Crippen LogP contribution < -0.4 is 0 Å². The smallest absolute Gasteiger partial charge is 0.236 e. The van der Waals surface area contributed by atoms with E-state index in [1.807, 2.05) is 17.0 Å². The van der Waals surface area contributed by atoms with Crippen LogP contribution in [0.4, 0.5) is 0 Å². The third kappa shape index (κ3) is 8.47. The van der Waals surface area contributed by atoms with E-state index < -0.39 is 0 Å². The molecule has 0 heterocycles. The molecule has 0 aromatic heterocycles. The van der Waals surface area contributed by atoms with Gasteiger partial charge in [-0.1, -0.05) is 13.3 Å². The van der Waals surface area contributed by atoms with Crippen molar-refractivity contribution in [2.75, 3.05) is 39.3 Å². The minimum Gasteiger partial charge on any atom is -0.395 e. The number of rotatable bonds is 11. The Morgan fingerprint density at radius 2 is 1.70 bits per heavy atom. The summed E-state index contributed by atoms with van der Waals surface area (Å²) in [5, 5.41) is 26.2. The van der Waals surface area contributed by atoms with Crippen LogP contribution in [0.2, 0.25) is 0 Å². The maximum atomic E-state index is 12.2. The summed E-state index contributed by atoms with van der Waals surface area (Å²) in [4.78, 5) is 15.7. The fourth-order valence-corrected chi connectivity index (χ4v) is 1.82. The summed E-state index contributed by atoms with van der Waals surface area (Å²) < 4.78 is 0. The van der Waals surface area contributed by atoms with Crippen molar-refractivity contribution >= 4 is 5.91 Å². The van der Waals surface area contributed by atoms with Crippen LogP contribution in [0.1, 0.15) is 32.6 Å². The molecule has 0 spiro atoms.